The van der Waals surface area contributed by atoms with Crippen molar-refractivity contribution in [3.63, 3.8) is 0 Å². The van der Waals surface area contributed by atoms with E-state index < -0.39 is 16.1 Å². The zero-order valence-corrected chi connectivity index (χ0v) is 19.3. The fourth-order valence-corrected chi connectivity index (χ4v) is 4.90. The molecule has 0 aliphatic carbocycles. The van der Waals surface area contributed by atoms with Gasteiger partial charge in [-0.2, -0.15) is 4.31 Å². The first-order valence-corrected chi connectivity index (χ1v) is 11.9. The Morgan fingerprint density at radius 2 is 1.59 bits per heavy atom. The molecule has 0 aliphatic heterocycles. The van der Waals surface area contributed by atoms with E-state index >= 15 is 0 Å². The third-order valence-electron chi connectivity index (χ3n) is 5.41. The van der Waals surface area contributed by atoms with E-state index in [0.717, 1.165) is 17.7 Å². The van der Waals surface area contributed by atoms with E-state index in [9.17, 15) is 13.2 Å². The van der Waals surface area contributed by atoms with Crippen LogP contribution in [0.3, 0.4) is 0 Å². The lowest BCUT2D eigenvalue weighted by Gasteiger charge is -2.28. The molecular weight excluding hydrogens is 424 g/mol. The summed E-state index contributed by atoms with van der Waals surface area (Å²) >= 11 is 0. The molecule has 0 saturated heterocycles. The number of ether oxygens (including phenoxy) is 1. The average Bonchev–Trinajstić information content (AvgIpc) is 2.83. The monoisotopic (exact) mass is 452 g/mol. The van der Waals surface area contributed by atoms with Crippen LogP contribution in [0.15, 0.2) is 83.8 Å². The van der Waals surface area contributed by atoms with Crippen LogP contribution >= 0.6 is 0 Å². The van der Waals surface area contributed by atoms with Gasteiger partial charge in [-0.3, -0.25) is 4.79 Å². The highest BCUT2D eigenvalue weighted by Crippen LogP contribution is 2.30. The first-order valence-electron chi connectivity index (χ1n) is 10.4. The van der Waals surface area contributed by atoms with E-state index in [1.807, 2.05) is 31.2 Å². The summed E-state index contributed by atoms with van der Waals surface area (Å²) in [4.78, 5) is 13.2. The minimum Gasteiger partial charge on any atom is -0.497 e. The highest BCUT2D eigenvalue weighted by atomic mass is 32.2. The Labute approximate surface area is 189 Å². The van der Waals surface area contributed by atoms with Gasteiger partial charge in [0.05, 0.1) is 18.0 Å². The Morgan fingerprint density at radius 1 is 0.969 bits per heavy atom. The minimum atomic E-state index is -3.81. The van der Waals surface area contributed by atoms with Gasteiger partial charge in [-0.1, -0.05) is 55.5 Å². The Bertz CT molecular complexity index is 1150. The topological polar surface area (TPSA) is 75.7 Å². The smallest absolute Gasteiger partial charge is 0.243 e. The third kappa shape index (κ3) is 5.36. The fraction of sp³-hybridized carbons (Fsp3) is 0.240. The maximum atomic E-state index is 13.3. The molecule has 1 atom stereocenters. The summed E-state index contributed by atoms with van der Waals surface area (Å²) < 4.78 is 33.0. The zero-order valence-electron chi connectivity index (χ0n) is 18.5. The number of nitrogens with one attached hydrogen (secondary N) is 1. The normalized spacial score (nSPS) is 12.4. The van der Waals surface area contributed by atoms with Gasteiger partial charge in [-0.15, -0.1) is 0 Å². The van der Waals surface area contributed by atoms with E-state index in [2.05, 4.69) is 5.32 Å². The highest BCUT2D eigenvalue weighted by molar-refractivity contribution is 7.89. The van der Waals surface area contributed by atoms with Crippen LogP contribution in [0.4, 0.5) is 5.69 Å². The molecule has 0 radical (unpaired) electrons. The van der Waals surface area contributed by atoms with Crippen molar-refractivity contribution in [1.29, 1.82) is 0 Å². The van der Waals surface area contributed by atoms with Crippen molar-refractivity contribution in [2.75, 3.05) is 19.5 Å². The molecule has 0 fully saturated rings. The summed E-state index contributed by atoms with van der Waals surface area (Å²) in [5.41, 5.74) is 2.46. The SMILES string of the molecule is CCc1ccccc1NC(=O)C[C@@H](c1ccc(OC)cc1)N(C)S(=O)(=O)c1ccccc1. The number of hydrogen-bond donors (Lipinski definition) is 1. The van der Waals surface area contributed by atoms with E-state index in [-0.39, 0.29) is 17.2 Å². The lowest BCUT2D eigenvalue weighted by atomic mass is 10.0. The van der Waals surface area contributed by atoms with Crippen molar-refractivity contribution in [2.45, 2.75) is 30.7 Å². The van der Waals surface area contributed by atoms with Crippen molar-refractivity contribution < 1.29 is 17.9 Å². The molecule has 0 aliphatic rings. The van der Waals surface area contributed by atoms with E-state index in [1.165, 1.54) is 11.4 Å². The number of nitrogens with zero attached hydrogens (tertiary/aromatic N) is 1. The van der Waals surface area contributed by atoms with Crippen molar-refractivity contribution >= 4 is 21.6 Å². The van der Waals surface area contributed by atoms with Crippen LogP contribution in [-0.4, -0.2) is 32.8 Å². The number of methoxy groups -OCH3 is 1. The second kappa shape index (κ2) is 10.4. The molecule has 3 aromatic rings. The molecule has 1 amide bonds. The fourth-order valence-electron chi connectivity index (χ4n) is 3.54. The number of sulfonamides is 1. The maximum absolute atomic E-state index is 13.3. The van der Waals surface area contributed by atoms with E-state index in [4.69, 9.17) is 4.74 Å². The number of hydrogen-bond acceptors (Lipinski definition) is 4. The molecule has 3 rings (SSSR count). The molecule has 0 saturated carbocycles. The molecule has 0 unspecified atom stereocenters. The summed E-state index contributed by atoms with van der Waals surface area (Å²) in [7, 11) is -0.740. The maximum Gasteiger partial charge on any atom is 0.243 e. The Balaban J connectivity index is 1.92. The third-order valence-corrected chi connectivity index (χ3v) is 7.29. The van der Waals surface area contributed by atoms with Crippen LogP contribution in [0, 0.1) is 0 Å². The summed E-state index contributed by atoms with van der Waals surface area (Å²) in [5.74, 6) is 0.393. The first-order chi connectivity index (χ1) is 15.4. The van der Waals surface area contributed by atoms with Crippen LogP contribution in [0.1, 0.15) is 30.5 Å². The van der Waals surface area contributed by atoms with Gasteiger partial charge in [0.15, 0.2) is 0 Å². The van der Waals surface area contributed by atoms with Gasteiger partial charge in [0, 0.05) is 19.2 Å². The van der Waals surface area contributed by atoms with Gasteiger partial charge in [-0.25, -0.2) is 8.42 Å². The van der Waals surface area contributed by atoms with E-state index in [1.54, 1.807) is 61.7 Å². The molecule has 7 heteroatoms. The molecule has 0 bridgehead atoms. The van der Waals surface area contributed by atoms with Gasteiger partial charge < -0.3 is 10.1 Å². The average molecular weight is 453 g/mol. The second-order valence-corrected chi connectivity index (χ2v) is 9.38. The Kier molecular flexibility index (Phi) is 7.66. The highest BCUT2D eigenvalue weighted by Gasteiger charge is 2.31. The van der Waals surface area contributed by atoms with Gasteiger partial charge in [0.2, 0.25) is 15.9 Å². The minimum absolute atomic E-state index is 0.0348. The van der Waals surface area contributed by atoms with E-state index in [0.29, 0.717) is 11.3 Å². The van der Waals surface area contributed by atoms with Gasteiger partial charge in [-0.05, 0) is 47.9 Å². The van der Waals surface area contributed by atoms with Crippen molar-refractivity contribution in [2.24, 2.45) is 0 Å². The lowest BCUT2D eigenvalue weighted by Crippen LogP contribution is -2.34. The van der Waals surface area contributed by atoms with Crippen molar-refractivity contribution in [3.8, 4) is 5.75 Å². The molecule has 0 spiro atoms. The van der Waals surface area contributed by atoms with Crippen LogP contribution in [-0.2, 0) is 21.2 Å². The molecular formula is C25H28N2O4S. The molecule has 6 nitrogen and oxygen atoms in total. The molecule has 32 heavy (non-hydrogen) atoms. The summed E-state index contributed by atoms with van der Waals surface area (Å²) in [6.45, 7) is 2.02. The number of benzene rings is 3. The van der Waals surface area contributed by atoms with Crippen molar-refractivity contribution in [3.05, 3.63) is 90.0 Å². The number of para-hydroxylation sites is 1. The molecule has 0 aromatic heterocycles. The van der Waals surface area contributed by atoms with Gasteiger partial charge in [0.25, 0.3) is 0 Å². The largest absolute Gasteiger partial charge is 0.497 e. The number of carbonyl (C=O) groups is 1. The first kappa shape index (κ1) is 23.5. The Hall–Kier alpha value is -3.16. The number of anilines is 1. The predicted molar refractivity (Wildman–Crippen MR) is 126 cm³/mol. The van der Waals surface area contributed by atoms with Gasteiger partial charge in [0.1, 0.15) is 5.75 Å². The number of aryl methyl sites for hydroxylation is 1. The summed E-state index contributed by atoms with van der Waals surface area (Å²) in [5, 5.41) is 2.95. The van der Waals surface area contributed by atoms with Crippen LogP contribution in [0.2, 0.25) is 0 Å². The molecule has 0 heterocycles. The van der Waals surface area contributed by atoms with Crippen LogP contribution < -0.4 is 10.1 Å². The summed E-state index contributed by atoms with van der Waals surface area (Å²) in [6.07, 6.45) is 0.744. The number of rotatable bonds is 9. The Morgan fingerprint density at radius 3 is 2.22 bits per heavy atom. The zero-order chi connectivity index (χ0) is 23.1. The predicted octanol–water partition coefficient (Wildman–Crippen LogP) is 4.65. The van der Waals surface area contributed by atoms with Crippen LogP contribution in [0.5, 0.6) is 5.75 Å². The second-order valence-electron chi connectivity index (χ2n) is 7.39. The number of carbonyl (C=O) groups excluding carboxylic acids is 1. The molecule has 3 aromatic carbocycles. The number of amides is 1. The van der Waals surface area contributed by atoms with Crippen LogP contribution in [0.25, 0.3) is 0 Å². The van der Waals surface area contributed by atoms with Crippen molar-refractivity contribution in [1.82, 2.24) is 4.31 Å². The lowest BCUT2D eigenvalue weighted by molar-refractivity contribution is -0.117. The molecule has 168 valence electrons. The standard InChI is InChI=1S/C25H28N2O4S/c1-4-19-10-8-9-13-23(19)26-25(28)18-24(20-14-16-21(31-3)17-15-20)27(2)32(29,30)22-11-6-5-7-12-22/h5-17,24H,4,18H2,1-3H3,(H,26,28)/t24-/m0/s1. The summed E-state index contributed by atoms with van der Waals surface area (Å²) in [6, 6.07) is 22.2. The molecule has 1 N–H and O–H groups in total. The quantitative estimate of drug-likeness (QED) is 0.513. The van der Waals surface area contributed by atoms with Gasteiger partial charge >= 0.3 is 0 Å².